The Balaban J connectivity index is 1.63. The first kappa shape index (κ1) is 19.5. The summed E-state index contributed by atoms with van der Waals surface area (Å²) in [4.78, 5) is 12.4. The van der Waals surface area contributed by atoms with E-state index in [0.29, 0.717) is 17.7 Å². The van der Waals surface area contributed by atoms with Crippen LogP contribution in [0.15, 0.2) is 42.5 Å². The number of thioether (sulfide) groups is 1. The van der Waals surface area contributed by atoms with Crippen LogP contribution in [0.1, 0.15) is 37.4 Å². The number of halogens is 1. The number of methoxy groups -OCH3 is 1. The molecule has 3 rings (SSSR count). The van der Waals surface area contributed by atoms with Crippen LogP contribution < -0.4 is 14.8 Å². The predicted octanol–water partition coefficient (Wildman–Crippen LogP) is 4.49. The Bertz CT molecular complexity index is 825. The molecule has 1 aliphatic rings. The van der Waals surface area contributed by atoms with Gasteiger partial charge in [0.1, 0.15) is 22.9 Å². The molecule has 1 N–H and O–H groups in total. The lowest BCUT2D eigenvalue weighted by molar-refractivity contribution is -0.119. The van der Waals surface area contributed by atoms with Gasteiger partial charge in [-0.2, -0.15) is 0 Å². The number of hydrogen-bond donors (Lipinski definition) is 1. The fraction of sp³-hybridized carbons (Fsp3) is 0.381. The predicted molar refractivity (Wildman–Crippen MR) is 106 cm³/mol. The molecule has 0 spiro atoms. The Morgan fingerprint density at radius 3 is 2.85 bits per heavy atom. The number of carbonyl (C=O) groups excluding carboxylic acids is 1. The number of fused-ring (bicyclic) bond motifs is 1. The zero-order valence-corrected chi connectivity index (χ0v) is 16.6. The Hall–Kier alpha value is -2.21. The van der Waals surface area contributed by atoms with Gasteiger partial charge in [0.05, 0.1) is 18.9 Å². The van der Waals surface area contributed by atoms with E-state index in [1.807, 2.05) is 32.0 Å². The van der Waals surface area contributed by atoms with Crippen LogP contribution in [-0.2, 0) is 10.5 Å². The van der Waals surface area contributed by atoms with Crippen molar-refractivity contribution in [2.45, 2.75) is 37.7 Å². The minimum absolute atomic E-state index is 0.0687. The summed E-state index contributed by atoms with van der Waals surface area (Å²) in [7, 11) is 1.61. The van der Waals surface area contributed by atoms with E-state index in [9.17, 15) is 9.18 Å². The molecule has 1 aliphatic heterocycles. The quantitative estimate of drug-likeness (QED) is 0.791. The van der Waals surface area contributed by atoms with Crippen LogP contribution in [0.4, 0.5) is 4.39 Å². The van der Waals surface area contributed by atoms with Crippen LogP contribution in [-0.4, -0.2) is 24.4 Å². The molecule has 1 atom stereocenters. The smallest absolute Gasteiger partial charge is 0.230 e. The van der Waals surface area contributed by atoms with Crippen LogP contribution in [0.2, 0.25) is 0 Å². The first-order chi connectivity index (χ1) is 12.9. The summed E-state index contributed by atoms with van der Waals surface area (Å²) in [5, 5.41) is 3.09. The Morgan fingerprint density at radius 2 is 2.11 bits per heavy atom. The standard InChI is InChI=1S/C21H24FNO3S/c1-21(2)11-18(16-9-8-15(25-3)10-19(16)26-21)23-20(24)13-27-12-14-6-4-5-7-17(14)22/h4-10,18H,11-13H2,1-3H3,(H,23,24)/t18-/m0/s1. The number of nitrogens with one attached hydrogen (secondary N) is 1. The molecule has 0 radical (unpaired) electrons. The molecular formula is C21H24FNO3S. The lowest BCUT2D eigenvalue weighted by Crippen LogP contribution is -2.41. The molecule has 4 nitrogen and oxygen atoms in total. The summed E-state index contributed by atoms with van der Waals surface area (Å²) < 4.78 is 25.0. The van der Waals surface area contributed by atoms with Gasteiger partial charge in [-0.15, -0.1) is 11.8 Å². The van der Waals surface area contributed by atoms with Gasteiger partial charge >= 0.3 is 0 Å². The monoisotopic (exact) mass is 389 g/mol. The van der Waals surface area contributed by atoms with E-state index in [4.69, 9.17) is 9.47 Å². The summed E-state index contributed by atoms with van der Waals surface area (Å²) in [6.45, 7) is 4.00. The zero-order chi connectivity index (χ0) is 19.4. The molecule has 1 heterocycles. The van der Waals surface area contributed by atoms with Crippen molar-refractivity contribution in [1.82, 2.24) is 5.32 Å². The minimum atomic E-state index is -0.391. The van der Waals surface area contributed by atoms with Gasteiger partial charge in [0, 0.05) is 23.8 Å². The third kappa shape index (κ3) is 4.95. The molecule has 144 valence electrons. The van der Waals surface area contributed by atoms with E-state index >= 15 is 0 Å². The second kappa shape index (κ2) is 8.21. The van der Waals surface area contributed by atoms with Crippen LogP contribution in [0, 0.1) is 5.82 Å². The molecule has 2 aromatic rings. The summed E-state index contributed by atoms with van der Waals surface area (Å²) in [5.74, 6) is 1.89. The van der Waals surface area contributed by atoms with E-state index in [-0.39, 0.29) is 23.5 Å². The Kier molecular flexibility index (Phi) is 5.95. The van der Waals surface area contributed by atoms with Crippen molar-refractivity contribution < 1.29 is 18.7 Å². The van der Waals surface area contributed by atoms with Crippen molar-refractivity contribution in [3.63, 3.8) is 0 Å². The molecular weight excluding hydrogens is 365 g/mol. The maximum Gasteiger partial charge on any atom is 0.230 e. The summed E-state index contributed by atoms with van der Waals surface area (Å²) in [5.41, 5.74) is 1.17. The van der Waals surface area contributed by atoms with Crippen molar-refractivity contribution in [1.29, 1.82) is 0 Å². The van der Waals surface area contributed by atoms with E-state index in [1.54, 1.807) is 25.3 Å². The molecule has 0 saturated carbocycles. The van der Waals surface area contributed by atoms with Crippen LogP contribution in [0.5, 0.6) is 11.5 Å². The molecule has 0 unspecified atom stereocenters. The number of rotatable bonds is 6. The van der Waals surface area contributed by atoms with Gasteiger partial charge in [-0.05, 0) is 37.6 Å². The topological polar surface area (TPSA) is 47.6 Å². The summed E-state index contributed by atoms with van der Waals surface area (Å²) >= 11 is 1.40. The van der Waals surface area contributed by atoms with Gasteiger partial charge in [0.2, 0.25) is 5.91 Å². The van der Waals surface area contributed by atoms with Crippen molar-refractivity contribution in [2.24, 2.45) is 0 Å². The van der Waals surface area contributed by atoms with Crippen LogP contribution >= 0.6 is 11.8 Å². The second-order valence-corrected chi connectivity index (χ2v) is 8.16. The maximum absolute atomic E-state index is 13.7. The van der Waals surface area contributed by atoms with Crippen molar-refractivity contribution in [3.8, 4) is 11.5 Å². The largest absolute Gasteiger partial charge is 0.497 e. The number of carbonyl (C=O) groups is 1. The van der Waals surface area contributed by atoms with Crippen molar-refractivity contribution in [2.75, 3.05) is 12.9 Å². The van der Waals surface area contributed by atoms with Gasteiger partial charge in [-0.1, -0.05) is 18.2 Å². The molecule has 27 heavy (non-hydrogen) atoms. The van der Waals surface area contributed by atoms with Gasteiger partial charge in [0.15, 0.2) is 0 Å². The number of benzene rings is 2. The first-order valence-corrected chi connectivity index (χ1v) is 10.0. The third-order valence-electron chi connectivity index (χ3n) is 4.46. The summed E-state index contributed by atoms with van der Waals surface area (Å²) in [6.07, 6.45) is 0.677. The molecule has 1 amide bonds. The van der Waals surface area contributed by atoms with Gasteiger partial charge in [-0.3, -0.25) is 4.79 Å². The van der Waals surface area contributed by atoms with Crippen LogP contribution in [0.25, 0.3) is 0 Å². The maximum atomic E-state index is 13.7. The number of hydrogen-bond acceptors (Lipinski definition) is 4. The van der Waals surface area contributed by atoms with E-state index in [0.717, 1.165) is 17.1 Å². The normalized spacial score (nSPS) is 17.6. The number of ether oxygens (including phenoxy) is 2. The highest BCUT2D eigenvalue weighted by Crippen LogP contribution is 2.41. The fourth-order valence-electron chi connectivity index (χ4n) is 3.19. The highest BCUT2D eigenvalue weighted by atomic mass is 32.2. The van der Waals surface area contributed by atoms with Crippen LogP contribution in [0.3, 0.4) is 0 Å². The lowest BCUT2D eigenvalue weighted by Gasteiger charge is -2.38. The Labute approximate surface area is 163 Å². The minimum Gasteiger partial charge on any atom is -0.497 e. The molecule has 6 heteroatoms. The fourth-order valence-corrected chi connectivity index (χ4v) is 4.02. The highest BCUT2D eigenvalue weighted by molar-refractivity contribution is 7.99. The average Bonchev–Trinajstić information content (AvgIpc) is 2.61. The van der Waals surface area contributed by atoms with Gasteiger partial charge in [-0.25, -0.2) is 4.39 Å². The van der Waals surface area contributed by atoms with Crippen molar-refractivity contribution in [3.05, 3.63) is 59.4 Å². The lowest BCUT2D eigenvalue weighted by atomic mass is 9.89. The molecule has 0 bridgehead atoms. The third-order valence-corrected chi connectivity index (χ3v) is 5.44. The van der Waals surface area contributed by atoms with Gasteiger partial charge in [0.25, 0.3) is 0 Å². The number of amides is 1. The molecule has 0 aliphatic carbocycles. The molecule has 0 fully saturated rings. The zero-order valence-electron chi connectivity index (χ0n) is 15.8. The van der Waals surface area contributed by atoms with E-state index in [1.165, 1.54) is 17.8 Å². The highest BCUT2D eigenvalue weighted by Gasteiger charge is 2.34. The second-order valence-electron chi connectivity index (χ2n) is 7.17. The van der Waals surface area contributed by atoms with Crippen molar-refractivity contribution >= 4 is 17.7 Å². The Morgan fingerprint density at radius 1 is 1.33 bits per heavy atom. The van der Waals surface area contributed by atoms with E-state index in [2.05, 4.69) is 5.32 Å². The average molecular weight is 389 g/mol. The van der Waals surface area contributed by atoms with E-state index < -0.39 is 5.60 Å². The molecule has 0 aromatic heterocycles. The van der Waals surface area contributed by atoms with Gasteiger partial charge < -0.3 is 14.8 Å². The molecule has 2 aromatic carbocycles. The summed E-state index contributed by atoms with van der Waals surface area (Å²) in [6, 6.07) is 12.2. The molecule has 0 saturated heterocycles. The SMILES string of the molecule is COc1ccc2c(c1)OC(C)(C)C[C@@H]2NC(=O)CSCc1ccccc1F. The first-order valence-electron chi connectivity index (χ1n) is 8.85.